The minimum atomic E-state index is -4.95. The Bertz CT molecular complexity index is 1670. The topological polar surface area (TPSA) is 237 Å². The van der Waals surface area contributed by atoms with E-state index in [9.17, 15) is 43.2 Å². The number of rotatable bonds is 65. The molecule has 3 unspecified atom stereocenters. The van der Waals surface area contributed by atoms with Crippen molar-refractivity contribution in [2.45, 2.75) is 349 Å². The second-order valence-corrected chi connectivity index (χ2v) is 27.5. The molecule has 6 atom stereocenters. The van der Waals surface area contributed by atoms with E-state index in [1.807, 2.05) is 0 Å². The van der Waals surface area contributed by atoms with E-state index in [1.165, 1.54) is 141 Å². The van der Waals surface area contributed by atoms with Crippen LogP contribution in [0, 0.1) is 11.8 Å². The van der Waals surface area contributed by atoms with Gasteiger partial charge in [0.15, 0.2) is 12.2 Å². The molecule has 504 valence electrons. The zero-order valence-electron chi connectivity index (χ0n) is 54.9. The van der Waals surface area contributed by atoms with E-state index in [0.717, 1.165) is 102 Å². The molecule has 19 heteroatoms. The Labute approximate surface area is 517 Å². The average molecular weight is 1260 g/mol. The van der Waals surface area contributed by atoms with Gasteiger partial charge in [0.1, 0.15) is 19.3 Å². The van der Waals surface area contributed by atoms with Crippen molar-refractivity contribution in [3.8, 4) is 0 Å². The summed E-state index contributed by atoms with van der Waals surface area (Å²) in [5.41, 5.74) is 0. The Hall–Kier alpha value is -1.94. The number of unbranched alkanes of at least 4 members (excludes halogenated alkanes) is 34. The lowest BCUT2D eigenvalue weighted by Gasteiger charge is -2.21. The SMILES string of the molecule is CCCCCCCCCCCCCC(=O)OC[C@H](COP(=O)(O)OC[C@@H](O)COP(=O)(O)OC[C@@H](COC(=O)CCCCCCCCC(C)C)OC(=O)CCCCCCCCCCCCC)OC(=O)CCCCCCCCCCCCC(C)CC. The summed E-state index contributed by atoms with van der Waals surface area (Å²) in [7, 11) is -9.89. The highest BCUT2D eigenvalue weighted by atomic mass is 31.2. The molecule has 85 heavy (non-hydrogen) atoms. The first kappa shape index (κ1) is 83.1. The maximum absolute atomic E-state index is 13.0. The van der Waals surface area contributed by atoms with Gasteiger partial charge in [-0.25, -0.2) is 9.13 Å². The van der Waals surface area contributed by atoms with Crippen molar-refractivity contribution >= 4 is 39.5 Å². The normalized spacial score (nSPS) is 14.6. The first-order valence-corrected chi connectivity index (χ1v) is 37.5. The largest absolute Gasteiger partial charge is 0.472 e. The highest BCUT2D eigenvalue weighted by molar-refractivity contribution is 7.47. The summed E-state index contributed by atoms with van der Waals surface area (Å²) >= 11 is 0. The predicted molar refractivity (Wildman–Crippen MR) is 340 cm³/mol. The number of aliphatic hydroxyl groups excluding tert-OH is 1. The Kier molecular flexibility index (Phi) is 57.1. The third-order valence-electron chi connectivity index (χ3n) is 15.6. The molecule has 3 N–H and O–H groups in total. The highest BCUT2D eigenvalue weighted by Crippen LogP contribution is 2.45. The van der Waals surface area contributed by atoms with Crippen LogP contribution < -0.4 is 0 Å². The van der Waals surface area contributed by atoms with E-state index in [2.05, 4.69) is 41.5 Å². The molecular formula is C66H128O17P2. The molecule has 17 nitrogen and oxygen atoms in total. The molecule has 0 amide bonds. The zero-order valence-corrected chi connectivity index (χ0v) is 56.7. The van der Waals surface area contributed by atoms with Gasteiger partial charge in [-0.05, 0) is 37.5 Å². The molecule has 0 saturated carbocycles. The molecule has 0 saturated heterocycles. The maximum Gasteiger partial charge on any atom is 0.472 e. The van der Waals surface area contributed by atoms with E-state index in [0.29, 0.717) is 31.6 Å². The standard InChI is InChI=1S/C66H128O17P2/c1-7-10-12-14-16-18-20-25-29-36-42-48-63(68)76-54-61(82-66(71)51-45-39-31-27-23-22-24-28-35-41-47-59(6)9-3)56-80-84(72,73)78-52-60(67)53-79-85(74,75)81-57-62(55-77-64(69)49-43-37-33-32-34-40-46-58(4)5)83-65(70)50-44-38-30-26-21-19-17-15-13-11-8-2/h58-62,67H,7-57H2,1-6H3,(H,72,73)(H,74,75)/t59?,60-,61-,62-/m1/s1. The van der Waals surface area contributed by atoms with Crippen molar-refractivity contribution in [3.05, 3.63) is 0 Å². The Morgan fingerprint density at radius 3 is 0.894 bits per heavy atom. The maximum atomic E-state index is 13.0. The van der Waals surface area contributed by atoms with Crippen molar-refractivity contribution in [1.29, 1.82) is 0 Å². The fourth-order valence-corrected chi connectivity index (χ4v) is 11.4. The molecule has 0 aromatic heterocycles. The third kappa shape index (κ3) is 59.5. The van der Waals surface area contributed by atoms with Gasteiger partial charge in [-0.1, -0.05) is 279 Å². The predicted octanol–water partition coefficient (Wildman–Crippen LogP) is 18.4. The van der Waals surface area contributed by atoms with Gasteiger partial charge in [-0.2, -0.15) is 0 Å². The molecule has 0 aromatic rings. The second kappa shape index (κ2) is 58.4. The summed E-state index contributed by atoms with van der Waals surface area (Å²) in [6, 6.07) is 0. The lowest BCUT2D eigenvalue weighted by Crippen LogP contribution is -2.30. The fourth-order valence-electron chi connectivity index (χ4n) is 9.85. The molecule has 0 aromatic carbocycles. The Balaban J connectivity index is 5.25. The van der Waals surface area contributed by atoms with Crippen molar-refractivity contribution in [1.82, 2.24) is 0 Å². The van der Waals surface area contributed by atoms with Crippen LogP contribution >= 0.6 is 15.6 Å². The van der Waals surface area contributed by atoms with Gasteiger partial charge in [-0.15, -0.1) is 0 Å². The van der Waals surface area contributed by atoms with Crippen LogP contribution in [0.15, 0.2) is 0 Å². The average Bonchev–Trinajstić information content (AvgIpc) is 3.61. The summed E-state index contributed by atoms with van der Waals surface area (Å²) in [5.74, 6) is -0.648. The van der Waals surface area contributed by atoms with Crippen LogP contribution in [0.1, 0.15) is 330 Å². The molecule has 0 aliphatic carbocycles. The summed E-state index contributed by atoms with van der Waals surface area (Å²) < 4.78 is 68.1. The highest BCUT2D eigenvalue weighted by Gasteiger charge is 2.30. The molecule has 0 aliphatic heterocycles. The number of hydrogen-bond acceptors (Lipinski definition) is 15. The summed E-state index contributed by atoms with van der Waals surface area (Å²) in [6.07, 6.45) is 41.6. The van der Waals surface area contributed by atoms with Gasteiger partial charge >= 0.3 is 39.5 Å². The van der Waals surface area contributed by atoms with E-state index in [4.69, 9.17) is 37.0 Å². The van der Waals surface area contributed by atoms with Crippen LogP contribution in [-0.4, -0.2) is 96.7 Å². The zero-order chi connectivity index (χ0) is 62.9. The van der Waals surface area contributed by atoms with Gasteiger partial charge in [0.25, 0.3) is 0 Å². The van der Waals surface area contributed by atoms with Crippen LogP contribution in [0.25, 0.3) is 0 Å². The number of carbonyl (C=O) groups is 4. The van der Waals surface area contributed by atoms with E-state index in [1.54, 1.807) is 0 Å². The molecule has 0 spiro atoms. The summed E-state index contributed by atoms with van der Waals surface area (Å²) in [5, 5.41) is 10.5. The van der Waals surface area contributed by atoms with E-state index >= 15 is 0 Å². The van der Waals surface area contributed by atoms with Crippen molar-refractivity contribution in [2.75, 3.05) is 39.6 Å². The van der Waals surface area contributed by atoms with Crippen LogP contribution in [0.4, 0.5) is 0 Å². The van der Waals surface area contributed by atoms with Crippen molar-refractivity contribution in [2.24, 2.45) is 11.8 Å². The molecule has 0 bridgehead atoms. The number of ether oxygens (including phenoxy) is 4. The number of aliphatic hydroxyl groups is 1. The molecular weight excluding hydrogens is 1130 g/mol. The summed E-state index contributed by atoms with van der Waals surface area (Å²) in [4.78, 5) is 72.3. The van der Waals surface area contributed by atoms with Crippen LogP contribution in [0.3, 0.4) is 0 Å². The third-order valence-corrected chi connectivity index (χ3v) is 17.5. The Morgan fingerprint density at radius 1 is 0.341 bits per heavy atom. The van der Waals surface area contributed by atoms with Gasteiger partial charge in [0.2, 0.25) is 0 Å². The molecule has 0 fully saturated rings. The van der Waals surface area contributed by atoms with Crippen LogP contribution in [-0.2, 0) is 65.4 Å². The van der Waals surface area contributed by atoms with E-state index < -0.39 is 97.5 Å². The lowest BCUT2D eigenvalue weighted by atomic mass is 9.99. The Morgan fingerprint density at radius 2 is 0.600 bits per heavy atom. The quantitative estimate of drug-likeness (QED) is 0.0222. The van der Waals surface area contributed by atoms with Crippen molar-refractivity contribution in [3.63, 3.8) is 0 Å². The number of esters is 4. The smallest absolute Gasteiger partial charge is 0.462 e. The summed E-state index contributed by atoms with van der Waals surface area (Å²) in [6.45, 7) is 9.45. The monoisotopic (exact) mass is 1250 g/mol. The van der Waals surface area contributed by atoms with Crippen LogP contribution in [0.5, 0.6) is 0 Å². The minimum absolute atomic E-state index is 0.106. The number of hydrogen-bond donors (Lipinski definition) is 3. The fraction of sp³-hybridized carbons (Fsp3) is 0.939. The first-order valence-electron chi connectivity index (χ1n) is 34.5. The number of phosphoric ester groups is 2. The molecule has 0 aliphatic rings. The number of phosphoric acid groups is 2. The van der Waals surface area contributed by atoms with Crippen molar-refractivity contribution < 1.29 is 80.2 Å². The molecule has 0 radical (unpaired) electrons. The van der Waals surface area contributed by atoms with Gasteiger partial charge in [0.05, 0.1) is 26.4 Å². The van der Waals surface area contributed by atoms with E-state index in [-0.39, 0.29) is 25.7 Å². The van der Waals surface area contributed by atoms with Gasteiger partial charge in [-0.3, -0.25) is 37.3 Å². The van der Waals surface area contributed by atoms with Gasteiger partial charge in [0, 0.05) is 25.7 Å². The lowest BCUT2D eigenvalue weighted by molar-refractivity contribution is -0.161. The minimum Gasteiger partial charge on any atom is -0.462 e. The molecule has 0 heterocycles. The second-order valence-electron chi connectivity index (χ2n) is 24.6. The van der Waals surface area contributed by atoms with Crippen LogP contribution in [0.2, 0.25) is 0 Å². The first-order chi connectivity index (χ1) is 40.9. The molecule has 0 rings (SSSR count). The van der Waals surface area contributed by atoms with Gasteiger partial charge < -0.3 is 33.8 Å². The number of carbonyl (C=O) groups excluding carboxylic acids is 4.